The lowest BCUT2D eigenvalue weighted by Crippen LogP contribution is -2.27. The monoisotopic (exact) mass is 310 g/mol. The largest absolute Gasteiger partial charge is 0.368 e. The molecule has 2 aromatic heterocycles. The number of nitrogens with two attached hydrogens (primary N) is 1. The first-order chi connectivity index (χ1) is 9.57. The molecule has 0 aliphatic carbocycles. The fraction of sp³-hybridized carbons (Fsp3) is 0.333. The molecule has 0 radical (unpaired) electrons. The summed E-state index contributed by atoms with van der Waals surface area (Å²) in [7, 11) is -3.36. The molecule has 106 valence electrons. The van der Waals surface area contributed by atoms with Gasteiger partial charge in [-0.1, -0.05) is 0 Å². The maximum atomic E-state index is 12.4. The Morgan fingerprint density at radius 2 is 1.95 bits per heavy atom. The van der Waals surface area contributed by atoms with Crippen molar-refractivity contribution in [3.05, 3.63) is 24.4 Å². The predicted molar refractivity (Wildman–Crippen MR) is 77.8 cm³/mol. The maximum absolute atomic E-state index is 12.4. The van der Waals surface area contributed by atoms with E-state index in [-0.39, 0.29) is 5.95 Å². The second kappa shape index (κ2) is 5.12. The third kappa shape index (κ3) is 2.41. The molecule has 3 rings (SSSR count). The molecule has 8 heteroatoms. The van der Waals surface area contributed by atoms with Gasteiger partial charge in [0.25, 0.3) is 10.0 Å². The van der Waals surface area contributed by atoms with E-state index in [9.17, 15) is 8.42 Å². The van der Waals surface area contributed by atoms with Gasteiger partial charge in [0, 0.05) is 19.3 Å². The van der Waals surface area contributed by atoms with E-state index in [0.717, 1.165) is 17.7 Å². The van der Waals surface area contributed by atoms with Gasteiger partial charge in [-0.05, 0) is 31.0 Å². The number of hydrogen-bond acceptors (Lipinski definition) is 6. The molecule has 20 heavy (non-hydrogen) atoms. The van der Waals surface area contributed by atoms with E-state index >= 15 is 0 Å². The molecule has 2 aromatic rings. The third-order valence-corrected chi connectivity index (χ3v) is 6.64. The molecular formula is C12H14N4O2S2. The highest BCUT2D eigenvalue weighted by atomic mass is 32.2. The first kappa shape index (κ1) is 13.5. The number of nitrogens with zero attached hydrogens (tertiary/aromatic N) is 3. The van der Waals surface area contributed by atoms with Crippen LogP contribution in [0.1, 0.15) is 12.8 Å². The average Bonchev–Trinajstić information content (AvgIpc) is 3.11. The first-order valence-electron chi connectivity index (χ1n) is 6.26. The second-order valence-electron chi connectivity index (χ2n) is 4.53. The van der Waals surface area contributed by atoms with E-state index in [0.29, 0.717) is 23.0 Å². The van der Waals surface area contributed by atoms with Gasteiger partial charge in [0.1, 0.15) is 4.21 Å². The molecule has 2 N–H and O–H groups in total. The summed E-state index contributed by atoms with van der Waals surface area (Å²) in [4.78, 5) is 8.71. The number of aromatic nitrogens is 2. The minimum Gasteiger partial charge on any atom is -0.368 e. The third-order valence-electron chi connectivity index (χ3n) is 3.17. The lowest BCUT2D eigenvalue weighted by Gasteiger charge is -2.13. The summed E-state index contributed by atoms with van der Waals surface area (Å²) in [5.41, 5.74) is 6.19. The van der Waals surface area contributed by atoms with Gasteiger partial charge in [0.15, 0.2) is 0 Å². The Hall–Kier alpha value is -1.51. The Morgan fingerprint density at radius 1 is 1.20 bits per heavy atom. The molecule has 0 aromatic carbocycles. The number of anilines is 1. The highest BCUT2D eigenvalue weighted by Gasteiger charge is 2.28. The lowest BCUT2D eigenvalue weighted by atomic mass is 10.3. The molecular weight excluding hydrogens is 296 g/mol. The fourth-order valence-electron chi connectivity index (χ4n) is 2.16. The highest BCUT2D eigenvalue weighted by Crippen LogP contribution is 2.32. The van der Waals surface area contributed by atoms with E-state index in [1.165, 1.54) is 15.6 Å². The van der Waals surface area contributed by atoms with Crippen LogP contribution in [0.5, 0.6) is 0 Å². The molecule has 1 saturated heterocycles. The lowest BCUT2D eigenvalue weighted by molar-refractivity contribution is 0.479. The Bertz CT molecular complexity index is 721. The van der Waals surface area contributed by atoms with E-state index in [2.05, 4.69) is 9.97 Å². The van der Waals surface area contributed by atoms with Crippen molar-refractivity contribution in [3.8, 4) is 10.6 Å². The van der Waals surface area contributed by atoms with Crippen molar-refractivity contribution in [1.82, 2.24) is 14.3 Å². The van der Waals surface area contributed by atoms with Gasteiger partial charge in [-0.3, -0.25) is 0 Å². The van der Waals surface area contributed by atoms with Crippen LogP contribution in [0.2, 0.25) is 0 Å². The zero-order valence-electron chi connectivity index (χ0n) is 10.7. The molecule has 6 nitrogen and oxygen atoms in total. The van der Waals surface area contributed by atoms with Crippen LogP contribution in [0.15, 0.2) is 28.6 Å². The number of hydrogen-bond donors (Lipinski definition) is 1. The Balaban J connectivity index is 1.94. The maximum Gasteiger partial charge on any atom is 0.252 e. The quantitative estimate of drug-likeness (QED) is 0.929. The van der Waals surface area contributed by atoms with Crippen LogP contribution in [0.3, 0.4) is 0 Å². The van der Waals surface area contributed by atoms with Gasteiger partial charge >= 0.3 is 0 Å². The molecule has 1 aliphatic heterocycles. The molecule has 0 unspecified atom stereocenters. The van der Waals surface area contributed by atoms with Gasteiger partial charge in [-0.2, -0.15) is 4.31 Å². The predicted octanol–water partition coefficient (Wildman–Crippen LogP) is 1.57. The highest BCUT2D eigenvalue weighted by molar-refractivity contribution is 7.91. The SMILES string of the molecule is Nc1nccc(-c2ccc(S(=O)(=O)N3CCCC3)s2)n1. The topological polar surface area (TPSA) is 89.2 Å². The van der Waals surface area contributed by atoms with Crippen LogP contribution >= 0.6 is 11.3 Å². The van der Waals surface area contributed by atoms with Gasteiger partial charge in [0.05, 0.1) is 10.6 Å². The summed E-state index contributed by atoms with van der Waals surface area (Å²) in [6, 6.07) is 5.11. The van der Waals surface area contributed by atoms with Crippen molar-refractivity contribution >= 4 is 27.3 Å². The average molecular weight is 310 g/mol. The second-order valence-corrected chi connectivity index (χ2v) is 7.78. The van der Waals surface area contributed by atoms with Crippen LogP contribution in [0.25, 0.3) is 10.6 Å². The normalized spacial score (nSPS) is 16.6. The van der Waals surface area contributed by atoms with Gasteiger partial charge in [-0.25, -0.2) is 18.4 Å². The van der Waals surface area contributed by atoms with Gasteiger partial charge < -0.3 is 5.73 Å². The van der Waals surface area contributed by atoms with Crippen molar-refractivity contribution in [2.45, 2.75) is 17.1 Å². The van der Waals surface area contributed by atoms with Crippen LogP contribution in [0.4, 0.5) is 5.95 Å². The summed E-state index contributed by atoms with van der Waals surface area (Å²) >= 11 is 1.21. The number of nitrogen functional groups attached to an aromatic ring is 1. The smallest absolute Gasteiger partial charge is 0.252 e. The van der Waals surface area contributed by atoms with Gasteiger partial charge in [-0.15, -0.1) is 11.3 Å². The zero-order chi connectivity index (χ0) is 14.2. The molecule has 0 amide bonds. The van der Waals surface area contributed by atoms with Crippen molar-refractivity contribution in [2.24, 2.45) is 0 Å². The summed E-state index contributed by atoms with van der Waals surface area (Å²) in [6.45, 7) is 1.21. The van der Waals surface area contributed by atoms with Crippen LogP contribution in [-0.4, -0.2) is 35.8 Å². The fourth-order valence-corrected chi connectivity index (χ4v) is 5.11. The van der Waals surface area contributed by atoms with E-state index in [1.807, 2.05) is 0 Å². The molecule has 0 bridgehead atoms. The summed E-state index contributed by atoms with van der Waals surface area (Å²) in [6.07, 6.45) is 3.42. The summed E-state index contributed by atoms with van der Waals surface area (Å²) in [5.74, 6) is 0.180. The molecule has 3 heterocycles. The molecule has 1 fully saturated rings. The zero-order valence-corrected chi connectivity index (χ0v) is 12.3. The first-order valence-corrected chi connectivity index (χ1v) is 8.52. The minimum absolute atomic E-state index is 0.180. The van der Waals surface area contributed by atoms with E-state index < -0.39 is 10.0 Å². The summed E-state index contributed by atoms with van der Waals surface area (Å²) in [5, 5.41) is 0. The van der Waals surface area contributed by atoms with Crippen molar-refractivity contribution in [1.29, 1.82) is 0 Å². The molecule has 0 atom stereocenters. The van der Waals surface area contributed by atoms with Crippen molar-refractivity contribution in [2.75, 3.05) is 18.8 Å². The van der Waals surface area contributed by atoms with Crippen molar-refractivity contribution < 1.29 is 8.42 Å². The van der Waals surface area contributed by atoms with E-state index in [4.69, 9.17) is 5.73 Å². The Kier molecular flexibility index (Phi) is 3.45. The van der Waals surface area contributed by atoms with Crippen LogP contribution in [-0.2, 0) is 10.0 Å². The minimum atomic E-state index is -3.36. The Morgan fingerprint density at radius 3 is 2.65 bits per heavy atom. The van der Waals surface area contributed by atoms with E-state index in [1.54, 1.807) is 24.4 Å². The van der Waals surface area contributed by atoms with Crippen molar-refractivity contribution in [3.63, 3.8) is 0 Å². The van der Waals surface area contributed by atoms with Crippen LogP contribution < -0.4 is 5.73 Å². The molecule has 0 saturated carbocycles. The van der Waals surface area contributed by atoms with Gasteiger partial charge in [0.2, 0.25) is 5.95 Å². The standard InChI is InChI=1S/C12H14N4O2S2/c13-12-14-6-5-9(15-12)10-3-4-11(19-10)20(17,18)16-7-1-2-8-16/h3-6H,1-2,7-8H2,(H2,13,14,15). The molecule has 0 spiro atoms. The number of rotatable bonds is 3. The van der Waals surface area contributed by atoms with Crippen LogP contribution in [0, 0.1) is 0 Å². The Labute approximate surface area is 121 Å². The summed E-state index contributed by atoms with van der Waals surface area (Å²) < 4.78 is 26.7. The number of sulfonamides is 1. The number of thiophene rings is 1. The molecule has 1 aliphatic rings.